The number of rotatable bonds is 3. The Balaban J connectivity index is 2.16. The van der Waals surface area contributed by atoms with Gasteiger partial charge in [0.05, 0.1) is 11.2 Å². The second-order valence-electron chi connectivity index (χ2n) is 7.85. The number of ether oxygens (including phenoxy) is 4. The highest BCUT2D eigenvalue weighted by molar-refractivity contribution is 5.95. The summed E-state index contributed by atoms with van der Waals surface area (Å²) in [6.07, 6.45) is 0.653. The molecular formula is C19H24O9. The van der Waals surface area contributed by atoms with Crippen molar-refractivity contribution in [2.45, 2.75) is 70.1 Å². The number of carbonyl (C=O) groups is 3. The molecule has 4 atom stereocenters. The lowest BCUT2D eigenvalue weighted by atomic mass is 9.82. The lowest BCUT2D eigenvalue weighted by Gasteiger charge is -2.40. The van der Waals surface area contributed by atoms with Crippen LogP contribution in [0.1, 0.15) is 47.0 Å². The van der Waals surface area contributed by atoms with E-state index in [9.17, 15) is 24.6 Å². The van der Waals surface area contributed by atoms with Gasteiger partial charge in [-0.3, -0.25) is 9.59 Å². The van der Waals surface area contributed by atoms with Gasteiger partial charge in [-0.2, -0.15) is 0 Å². The summed E-state index contributed by atoms with van der Waals surface area (Å²) >= 11 is 0. The van der Waals surface area contributed by atoms with Crippen molar-refractivity contribution in [1.29, 1.82) is 0 Å². The van der Waals surface area contributed by atoms with Crippen LogP contribution in [0, 0.1) is 0 Å². The highest BCUT2D eigenvalue weighted by Gasteiger charge is 2.58. The first-order valence-corrected chi connectivity index (χ1v) is 9.00. The van der Waals surface area contributed by atoms with E-state index in [-0.39, 0.29) is 36.4 Å². The molecule has 0 radical (unpaired) electrons. The molecule has 2 N–H and O–H groups in total. The van der Waals surface area contributed by atoms with E-state index >= 15 is 0 Å². The maximum atomic E-state index is 12.4. The van der Waals surface area contributed by atoms with Crippen LogP contribution in [0.2, 0.25) is 0 Å². The van der Waals surface area contributed by atoms with Gasteiger partial charge in [-0.25, -0.2) is 4.79 Å². The Morgan fingerprint density at radius 1 is 1.21 bits per heavy atom. The predicted octanol–water partition coefficient (Wildman–Crippen LogP) is 0.631. The van der Waals surface area contributed by atoms with Crippen molar-refractivity contribution in [3.8, 4) is 0 Å². The summed E-state index contributed by atoms with van der Waals surface area (Å²) in [5, 5.41) is 21.9. The number of esters is 3. The van der Waals surface area contributed by atoms with Crippen molar-refractivity contribution in [3.05, 3.63) is 23.0 Å². The van der Waals surface area contributed by atoms with Crippen LogP contribution in [0.25, 0.3) is 0 Å². The standard InChI is InChI=1S/C19H24O9/c1-10(20)25-9-12-15-13(27-16(12)22)7-17(3)5-6-19(24,28-17)18(4,23)8-14(15)26-11(2)21/h7,14,23-24H,5-6,8-9H2,1-4H3/b13-7-/t14-,17-,18+,19+/m0/s1. The van der Waals surface area contributed by atoms with Crippen molar-refractivity contribution in [1.82, 2.24) is 0 Å². The van der Waals surface area contributed by atoms with Crippen LogP contribution >= 0.6 is 0 Å². The van der Waals surface area contributed by atoms with Crippen molar-refractivity contribution >= 4 is 17.9 Å². The molecule has 2 bridgehead atoms. The summed E-state index contributed by atoms with van der Waals surface area (Å²) in [7, 11) is 0. The summed E-state index contributed by atoms with van der Waals surface area (Å²) in [5.41, 5.74) is -2.62. The molecule has 154 valence electrons. The molecular weight excluding hydrogens is 372 g/mol. The molecule has 0 aliphatic carbocycles. The summed E-state index contributed by atoms with van der Waals surface area (Å²) in [6, 6.07) is 0. The molecule has 1 saturated heterocycles. The summed E-state index contributed by atoms with van der Waals surface area (Å²) in [4.78, 5) is 35.3. The molecule has 0 saturated carbocycles. The quantitative estimate of drug-likeness (QED) is 0.521. The van der Waals surface area contributed by atoms with Crippen LogP contribution in [0.4, 0.5) is 0 Å². The Morgan fingerprint density at radius 3 is 2.50 bits per heavy atom. The number of aliphatic hydroxyl groups is 2. The van der Waals surface area contributed by atoms with Gasteiger partial charge in [-0.1, -0.05) is 0 Å². The summed E-state index contributed by atoms with van der Waals surface area (Å²) in [6.45, 7) is 5.08. The molecule has 3 heterocycles. The van der Waals surface area contributed by atoms with E-state index < -0.39 is 41.0 Å². The van der Waals surface area contributed by atoms with Crippen molar-refractivity contribution in [2.24, 2.45) is 0 Å². The lowest BCUT2D eigenvalue weighted by molar-refractivity contribution is -0.298. The summed E-state index contributed by atoms with van der Waals surface area (Å²) in [5.74, 6) is -3.76. The van der Waals surface area contributed by atoms with Gasteiger partial charge in [-0.15, -0.1) is 0 Å². The maximum Gasteiger partial charge on any atom is 0.343 e. The van der Waals surface area contributed by atoms with Gasteiger partial charge in [0.1, 0.15) is 24.1 Å². The molecule has 3 aliphatic rings. The molecule has 0 aromatic rings. The fourth-order valence-corrected chi connectivity index (χ4v) is 3.83. The number of fused-ring (bicyclic) bond motifs is 3. The van der Waals surface area contributed by atoms with E-state index in [1.54, 1.807) is 6.92 Å². The highest BCUT2D eigenvalue weighted by atomic mass is 16.7. The fraction of sp³-hybridized carbons (Fsp3) is 0.632. The van der Waals surface area contributed by atoms with E-state index in [2.05, 4.69) is 0 Å². The Hall–Kier alpha value is -2.23. The maximum absolute atomic E-state index is 12.4. The largest absolute Gasteiger partial charge is 0.461 e. The SMILES string of the molecule is CC(=O)OCC1=C2/C(=C/[C@]3(C)CC[C@@](O)(O3)[C@](C)(O)C[C@@H]2OC(C)=O)OC1=O. The zero-order valence-electron chi connectivity index (χ0n) is 16.2. The van der Waals surface area contributed by atoms with Crippen molar-refractivity contribution in [3.63, 3.8) is 0 Å². The molecule has 1 fully saturated rings. The van der Waals surface area contributed by atoms with Gasteiger partial charge in [0.15, 0.2) is 5.79 Å². The van der Waals surface area contributed by atoms with E-state index in [1.807, 2.05) is 0 Å². The van der Waals surface area contributed by atoms with E-state index in [4.69, 9.17) is 18.9 Å². The Morgan fingerprint density at radius 2 is 1.89 bits per heavy atom. The smallest absolute Gasteiger partial charge is 0.343 e. The molecule has 0 unspecified atom stereocenters. The van der Waals surface area contributed by atoms with Crippen LogP contribution in [-0.4, -0.2) is 57.8 Å². The molecule has 0 spiro atoms. The molecule has 3 aliphatic heterocycles. The number of carbonyl (C=O) groups excluding carboxylic acids is 3. The Kier molecular flexibility index (Phi) is 4.89. The van der Waals surface area contributed by atoms with Crippen LogP contribution in [-0.2, 0) is 33.3 Å². The van der Waals surface area contributed by atoms with E-state index in [0.717, 1.165) is 0 Å². The van der Waals surface area contributed by atoms with Crippen LogP contribution < -0.4 is 0 Å². The van der Waals surface area contributed by atoms with Crippen LogP contribution in [0.3, 0.4) is 0 Å². The highest BCUT2D eigenvalue weighted by Crippen LogP contribution is 2.49. The molecule has 9 heteroatoms. The zero-order valence-corrected chi connectivity index (χ0v) is 16.2. The Labute approximate surface area is 161 Å². The number of hydrogen-bond acceptors (Lipinski definition) is 9. The first-order chi connectivity index (χ1) is 12.9. The van der Waals surface area contributed by atoms with Crippen molar-refractivity contribution in [2.75, 3.05) is 6.61 Å². The molecule has 9 nitrogen and oxygen atoms in total. The molecule has 0 amide bonds. The van der Waals surface area contributed by atoms with Gasteiger partial charge in [0.2, 0.25) is 0 Å². The monoisotopic (exact) mass is 396 g/mol. The van der Waals surface area contributed by atoms with Crippen LogP contribution in [0.15, 0.2) is 23.0 Å². The second kappa shape index (κ2) is 6.68. The minimum Gasteiger partial charge on any atom is -0.461 e. The lowest BCUT2D eigenvalue weighted by Crippen LogP contribution is -2.54. The first-order valence-electron chi connectivity index (χ1n) is 9.00. The second-order valence-corrected chi connectivity index (χ2v) is 7.85. The third-order valence-corrected chi connectivity index (χ3v) is 5.31. The number of hydrogen-bond donors (Lipinski definition) is 2. The average Bonchev–Trinajstić information content (AvgIpc) is 3.01. The Bertz CT molecular complexity index is 793. The molecule has 0 aromatic carbocycles. The van der Waals surface area contributed by atoms with Crippen molar-refractivity contribution < 1.29 is 43.5 Å². The molecule has 28 heavy (non-hydrogen) atoms. The van der Waals surface area contributed by atoms with Gasteiger partial charge in [-0.05, 0) is 26.3 Å². The van der Waals surface area contributed by atoms with Gasteiger partial charge in [0, 0.05) is 32.3 Å². The minimum absolute atomic E-state index is 0.0110. The van der Waals surface area contributed by atoms with Gasteiger partial charge >= 0.3 is 17.9 Å². The normalized spacial score (nSPS) is 39.1. The third kappa shape index (κ3) is 3.57. The van der Waals surface area contributed by atoms with Gasteiger partial charge < -0.3 is 29.2 Å². The van der Waals surface area contributed by atoms with E-state index in [1.165, 1.54) is 26.8 Å². The third-order valence-electron chi connectivity index (χ3n) is 5.31. The molecule has 0 aromatic heterocycles. The fourth-order valence-electron chi connectivity index (χ4n) is 3.83. The molecule has 3 rings (SSSR count). The van der Waals surface area contributed by atoms with Crippen LogP contribution in [0.5, 0.6) is 0 Å². The topological polar surface area (TPSA) is 129 Å². The minimum atomic E-state index is -1.88. The summed E-state index contributed by atoms with van der Waals surface area (Å²) < 4.78 is 21.5. The van der Waals surface area contributed by atoms with Gasteiger partial charge in [0.25, 0.3) is 0 Å². The average molecular weight is 396 g/mol. The van der Waals surface area contributed by atoms with E-state index in [0.29, 0.717) is 6.42 Å². The first kappa shape index (κ1) is 20.5. The zero-order chi connectivity index (χ0) is 20.9. The predicted molar refractivity (Wildman–Crippen MR) is 92.3 cm³/mol.